The zero-order valence-electron chi connectivity index (χ0n) is 13.1. The van der Waals surface area contributed by atoms with Crippen LogP contribution in [0.3, 0.4) is 0 Å². The van der Waals surface area contributed by atoms with Crippen LogP contribution in [-0.4, -0.2) is 43.6 Å². The van der Waals surface area contributed by atoms with Gasteiger partial charge in [0, 0.05) is 12.6 Å². The van der Waals surface area contributed by atoms with Gasteiger partial charge in [0.15, 0.2) is 4.75 Å². The lowest BCUT2D eigenvalue weighted by atomic mass is 10.00. The van der Waals surface area contributed by atoms with E-state index in [1.165, 1.54) is 12.1 Å². The molecule has 1 aromatic carbocycles. The number of rotatable bonds is 4. The molecule has 1 saturated carbocycles. The van der Waals surface area contributed by atoms with Gasteiger partial charge in [-0.25, -0.2) is 17.9 Å². The molecule has 1 aliphatic heterocycles. The van der Waals surface area contributed by atoms with Gasteiger partial charge in [0.25, 0.3) is 0 Å². The van der Waals surface area contributed by atoms with E-state index in [1.807, 2.05) is 11.9 Å². The summed E-state index contributed by atoms with van der Waals surface area (Å²) in [5, 5.41) is 8.04. The highest BCUT2D eigenvalue weighted by atomic mass is 35.5. The predicted octanol–water partition coefficient (Wildman–Crippen LogP) is 1.16. The number of hydrogen-bond acceptors (Lipinski definition) is 4. The number of amides is 1. The summed E-state index contributed by atoms with van der Waals surface area (Å²) in [6.45, 7) is 0.697. The maximum absolute atomic E-state index is 13.8. The van der Waals surface area contributed by atoms with Crippen molar-refractivity contribution in [2.24, 2.45) is 5.14 Å². The number of primary sulfonamides is 1. The van der Waals surface area contributed by atoms with Crippen LogP contribution in [0.5, 0.6) is 0 Å². The van der Waals surface area contributed by atoms with E-state index in [1.54, 1.807) is 6.07 Å². The maximum atomic E-state index is 13.8. The van der Waals surface area contributed by atoms with E-state index in [0.29, 0.717) is 18.5 Å². The summed E-state index contributed by atoms with van der Waals surface area (Å²) >= 11 is 5.72. The van der Waals surface area contributed by atoms with Crippen molar-refractivity contribution in [3.8, 4) is 0 Å². The highest BCUT2D eigenvalue weighted by Gasteiger charge is 2.60. The molecule has 0 radical (unpaired) electrons. The van der Waals surface area contributed by atoms with E-state index < -0.39 is 26.5 Å². The molecule has 1 aliphatic carbocycles. The van der Waals surface area contributed by atoms with Gasteiger partial charge in [0.2, 0.25) is 15.9 Å². The van der Waals surface area contributed by atoms with E-state index in [0.717, 1.165) is 0 Å². The smallest absolute Gasteiger partial charge is 0.243 e. The van der Waals surface area contributed by atoms with E-state index in [9.17, 15) is 17.6 Å². The van der Waals surface area contributed by atoms with Crippen molar-refractivity contribution < 1.29 is 17.6 Å². The lowest BCUT2D eigenvalue weighted by molar-refractivity contribution is -0.122. The topological polar surface area (TPSA) is 92.5 Å². The molecule has 1 aromatic rings. The number of likely N-dealkylation sites (N-methyl/N-ethyl adjacent to an activating group) is 1. The molecular formula is C15H19ClFN3O3S. The Balaban J connectivity index is 1.82. The summed E-state index contributed by atoms with van der Waals surface area (Å²) in [4.78, 5) is 14.4. The third kappa shape index (κ3) is 2.92. The average Bonchev–Trinajstić information content (AvgIpc) is 3.23. The Labute approximate surface area is 145 Å². The first-order valence-corrected chi connectivity index (χ1v) is 9.57. The molecule has 2 atom stereocenters. The SMILES string of the molecule is CN1CCC(NC(=O)C2(S(N)(=O)=O)CC2)C1c1ccc(Cl)c(F)c1. The summed E-state index contributed by atoms with van der Waals surface area (Å²) < 4.78 is 35.6. The van der Waals surface area contributed by atoms with E-state index in [4.69, 9.17) is 16.7 Å². The van der Waals surface area contributed by atoms with Crippen LogP contribution >= 0.6 is 11.6 Å². The van der Waals surface area contributed by atoms with Crippen LogP contribution in [0, 0.1) is 5.82 Å². The zero-order valence-corrected chi connectivity index (χ0v) is 14.7. The van der Waals surface area contributed by atoms with Crippen LogP contribution < -0.4 is 10.5 Å². The lowest BCUT2D eigenvalue weighted by Crippen LogP contribution is -2.49. The van der Waals surface area contributed by atoms with Gasteiger partial charge in [-0.2, -0.15) is 0 Å². The zero-order chi connectivity index (χ0) is 17.7. The number of likely N-dealkylation sites (tertiary alicyclic amines) is 1. The predicted molar refractivity (Wildman–Crippen MR) is 88.4 cm³/mol. The summed E-state index contributed by atoms with van der Waals surface area (Å²) in [6, 6.07) is 3.97. The van der Waals surface area contributed by atoms with Crippen molar-refractivity contribution in [3.05, 3.63) is 34.6 Å². The fraction of sp³-hybridized carbons (Fsp3) is 0.533. The molecule has 2 unspecified atom stereocenters. The minimum atomic E-state index is -3.94. The van der Waals surface area contributed by atoms with Crippen LogP contribution in [0.25, 0.3) is 0 Å². The average molecular weight is 376 g/mol. The van der Waals surface area contributed by atoms with Crippen molar-refractivity contribution in [2.45, 2.75) is 36.1 Å². The molecule has 9 heteroatoms. The number of nitrogens with zero attached hydrogens (tertiary/aromatic N) is 1. The molecule has 0 aromatic heterocycles. The first kappa shape index (κ1) is 17.6. The van der Waals surface area contributed by atoms with E-state index in [-0.39, 0.29) is 29.9 Å². The first-order valence-electron chi connectivity index (χ1n) is 7.64. The normalized spacial score (nSPS) is 26.3. The van der Waals surface area contributed by atoms with Crippen molar-refractivity contribution in [1.29, 1.82) is 0 Å². The molecule has 6 nitrogen and oxygen atoms in total. The highest BCUT2D eigenvalue weighted by Crippen LogP contribution is 2.43. The Morgan fingerprint density at radius 2 is 2.12 bits per heavy atom. The Hall–Kier alpha value is -1.22. The summed E-state index contributed by atoms with van der Waals surface area (Å²) in [7, 11) is -2.07. The monoisotopic (exact) mass is 375 g/mol. The molecule has 0 bridgehead atoms. The van der Waals surface area contributed by atoms with Crippen molar-refractivity contribution >= 4 is 27.5 Å². The Kier molecular flexibility index (Phi) is 4.36. The van der Waals surface area contributed by atoms with E-state index >= 15 is 0 Å². The van der Waals surface area contributed by atoms with Crippen LogP contribution in [-0.2, 0) is 14.8 Å². The number of nitrogens with one attached hydrogen (secondary N) is 1. The second-order valence-electron chi connectivity index (χ2n) is 6.51. The molecule has 2 fully saturated rings. The molecule has 2 aliphatic rings. The van der Waals surface area contributed by atoms with E-state index in [2.05, 4.69) is 5.32 Å². The number of sulfonamides is 1. The first-order chi connectivity index (χ1) is 11.2. The highest BCUT2D eigenvalue weighted by molar-refractivity contribution is 7.91. The Bertz CT molecular complexity index is 782. The van der Waals surface area contributed by atoms with Gasteiger partial charge in [-0.15, -0.1) is 0 Å². The molecule has 3 rings (SSSR count). The molecule has 1 amide bonds. The second kappa shape index (κ2) is 5.94. The van der Waals surface area contributed by atoms with Gasteiger partial charge in [-0.1, -0.05) is 17.7 Å². The molecular weight excluding hydrogens is 357 g/mol. The number of carbonyl (C=O) groups excluding carboxylic acids is 1. The van der Waals surface area contributed by atoms with Gasteiger partial charge in [0.1, 0.15) is 5.82 Å². The van der Waals surface area contributed by atoms with Crippen LogP contribution in [0.2, 0.25) is 5.02 Å². The fourth-order valence-corrected chi connectivity index (χ4v) is 4.44. The third-order valence-corrected chi connectivity index (χ3v) is 6.90. The number of carbonyl (C=O) groups is 1. The number of hydrogen-bond donors (Lipinski definition) is 2. The lowest BCUT2D eigenvalue weighted by Gasteiger charge is -2.27. The van der Waals surface area contributed by atoms with Crippen LogP contribution in [0.4, 0.5) is 4.39 Å². The molecule has 0 spiro atoms. The Morgan fingerprint density at radius 3 is 2.67 bits per heavy atom. The van der Waals surface area contributed by atoms with Crippen molar-refractivity contribution in [3.63, 3.8) is 0 Å². The summed E-state index contributed by atoms with van der Waals surface area (Å²) in [5.74, 6) is -1.09. The minimum Gasteiger partial charge on any atom is -0.350 e. The van der Waals surface area contributed by atoms with Gasteiger partial charge in [-0.3, -0.25) is 9.69 Å². The molecule has 132 valence electrons. The van der Waals surface area contributed by atoms with Gasteiger partial charge in [0.05, 0.1) is 11.1 Å². The third-order valence-electron chi connectivity index (χ3n) is 4.91. The second-order valence-corrected chi connectivity index (χ2v) is 8.79. The Morgan fingerprint density at radius 1 is 1.46 bits per heavy atom. The van der Waals surface area contributed by atoms with Gasteiger partial charge < -0.3 is 5.32 Å². The molecule has 24 heavy (non-hydrogen) atoms. The van der Waals surface area contributed by atoms with Gasteiger partial charge in [-0.05, 0) is 44.0 Å². The maximum Gasteiger partial charge on any atom is 0.243 e. The van der Waals surface area contributed by atoms with Gasteiger partial charge >= 0.3 is 0 Å². The molecule has 1 heterocycles. The van der Waals surface area contributed by atoms with Crippen LogP contribution in [0.15, 0.2) is 18.2 Å². The largest absolute Gasteiger partial charge is 0.350 e. The number of benzene rings is 1. The molecule has 1 saturated heterocycles. The quantitative estimate of drug-likeness (QED) is 0.826. The van der Waals surface area contributed by atoms with Crippen molar-refractivity contribution in [1.82, 2.24) is 10.2 Å². The minimum absolute atomic E-state index is 0.0335. The molecule has 3 N–H and O–H groups in total. The number of halogens is 2. The summed E-state index contributed by atoms with van der Waals surface area (Å²) in [5.41, 5.74) is 0.683. The fourth-order valence-electron chi connectivity index (χ4n) is 3.34. The summed E-state index contributed by atoms with van der Waals surface area (Å²) in [6.07, 6.45) is 1.11. The van der Waals surface area contributed by atoms with Crippen LogP contribution in [0.1, 0.15) is 30.9 Å². The number of nitrogens with two attached hydrogens (primary N) is 1. The van der Waals surface area contributed by atoms with Crippen molar-refractivity contribution in [2.75, 3.05) is 13.6 Å². The standard InChI is InChI=1S/C15H19ClFN3O3S/c1-20-7-4-12(13(20)9-2-3-10(16)11(17)8-9)19-14(21)15(5-6-15)24(18,22)23/h2-3,8,12-13H,4-7H2,1H3,(H,19,21)(H2,18,22,23).